The monoisotopic (exact) mass is 546 g/mol. The summed E-state index contributed by atoms with van der Waals surface area (Å²) in [4.78, 5) is 24.0. The summed E-state index contributed by atoms with van der Waals surface area (Å²) in [5, 5.41) is 7.20. The molecule has 188 valence electrons. The third-order valence-electron chi connectivity index (χ3n) is 5.00. The minimum absolute atomic E-state index is 0.0101. The Morgan fingerprint density at radius 2 is 1.50 bits per heavy atom. The summed E-state index contributed by atoms with van der Waals surface area (Å²) in [5.74, 6) is -0.859. The van der Waals surface area contributed by atoms with Gasteiger partial charge in [-0.2, -0.15) is 5.10 Å². The maximum Gasteiger partial charge on any atom is 0.264 e. The van der Waals surface area contributed by atoms with Crippen molar-refractivity contribution in [3.8, 4) is 0 Å². The second kappa shape index (κ2) is 11.6. The van der Waals surface area contributed by atoms with E-state index in [1.807, 2.05) is 6.92 Å². The van der Waals surface area contributed by atoms with E-state index in [2.05, 4.69) is 15.8 Å². The molecule has 0 aliphatic carbocycles. The Labute approximate surface area is 220 Å². The van der Waals surface area contributed by atoms with E-state index in [4.69, 9.17) is 23.2 Å². The molecule has 0 aliphatic heterocycles. The second-order valence-electron chi connectivity index (χ2n) is 7.94. The minimum atomic E-state index is -4.13. The molecule has 0 saturated heterocycles. The lowest BCUT2D eigenvalue weighted by molar-refractivity contribution is -0.119. The molecule has 0 bridgehead atoms. The average Bonchev–Trinajstić information content (AvgIpc) is 2.80. The van der Waals surface area contributed by atoms with Gasteiger partial charge in [0.1, 0.15) is 6.54 Å². The zero-order valence-electron chi connectivity index (χ0n) is 19.7. The number of amides is 2. The van der Waals surface area contributed by atoms with Gasteiger partial charge in [0.05, 0.1) is 16.3 Å². The number of carbonyl (C=O) groups excluding carboxylic acids is 2. The summed E-state index contributed by atoms with van der Waals surface area (Å²) in [6.45, 7) is 4.37. The summed E-state index contributed by atoms with van der Waals surface area (Å²) in [6, 6.07) is 17.4. The number of anilines is 2. The number of nitrogens with one attached hydrogen (secondary N) is 2. The third kappa shape index (κ3) is 7.07. The van der Waals surface area contributed by atoms with Gasteiger partial charge >= 0.3 is 0 Å². The van der Waals surface area contributed by atoms with Crippen LogP contribution in [-0.4, -0.2) is 32.5 Å². The molecule has 3 aromatic rings. The van der Waals surface area contributed by atoms with Crippen LogP contribution in [0, 0.1) is 6.92 Å². The van der Waals surface area contributed by atoms with Crippen LogP contribution in [0.1, 0.15) is 25.0 Å². The highest BCUT2D eigenvalue weighted by molar-refractivity contribution is 7.92. The van der Waals surface area contributed by atoms with E-state index in [1.165, 1.54) is 37.3 Å². The van der Waals surface area contributed by atoms with Crippen LogP contribution in [0.25, 0.3) is 0 Å². The van der Waals surface area contributed by atoms with Crippen molar-refractivity contribution in [2.75, 3.05) is 16.2 Å². The predicted molar refractivity (Wildman–Crippen MR) is 143 cm³/mol. The maximum absolute atomic E-state index is 13.5. The quantitative estimate of drug-likeness (QED) is 0.306. The van der Waals surface area contributed by atoms with Crippen LogP contribution in [0.3, 0.4) is 0 Å². The SMILES string of the molecule is CC(=O)Nc1ccc(/C(C)=N\NC(=O)CN(c2cc(Cl)cc(Cl)c2)S(=O)(=O)c2ccc(C)cc2)cc1. The zero-order chi connectivity index (χ0) is 26.5. The van der Waals surface area contributed by atoms with Gasteiger partial charge in [-0.25, -0.2) is 13.8 Å². The highest BCUT2D eigenvalue weighted by Crippen LogP contribution is 2.29. The second-order valence-corrected chi connectivity index (χ2v) is 10.7. The first-order valence-corrected chi connectivity index (χ1v) is 12.9. The normalized spacial score (nSPS) is 11.6. The fraction of sp³-hybridized carbons (Fsp3) is 0.160. The van der Waals surface area contributed by atoms with Gasteiger partial charge in [0.2, 0.25) is 5.91 Å². The number of halogens is 2. The molecule has 0 heterocycles. The Balaban J connectivity index is 1.85. The van der Waals surface area contributed by atoms with E-state index in [0.717, 1.165) is 9.87 Å². The standard InChI is InChI=1S/C25H24Cl2N4O4S/c1-16-4-10-24(11-5-16)36(34,35)31(23-13-20(26)12-21(27)14-23)15-25(33)30-29-17(2)19-6-8-22(9-7-19)28-18(3)32/h4-14H,15H2,1-3H3,(H,28,32)(H,30,33)/b29-17-. The molecule has 0 aromatic heterocycles. The molecule has 0 atom stereocenters. The highest BCUT2D eigenvalue weighted by Gasteiger charge is 2.28. The Bertz CT molecular complexity index is 1390. The summed E-state index contributed by atoms with van der Waals surface area (Å²) >= 11 is 12.2. The maximum atomic E-state index is 13.5. The van der Waals surface area contributed by atoms with Gasteiger partial charge in [-0.05, 0) is 61.9 Å². The van der Waals surface area contributed by atoms with Gasteiger partial charge in [-0.3, -0.25) is 13.9 Å². The van der Waals surface area contributed by atoms with Crippen molar-refractivity contribution in [2.45, 2.75) is 25.7 Å². The molecule has 36 heavy (non-hydrogen) atoms. The summed E-state index contributed by atoms with van der Waals surface area (Å²) in [6.07, 6.45) is 0. The van der Waals surface area contributed by atoms with Crippen molar-refractivity contribution in [1.29, 1.82) is 0 Å². The molecule has 2 amide bonds. The van der Waals surface area contributed by atoms with E-state index in [9.17, 15) is 18.0 Å². The van der Waals surface area contributed by atoms with Gasteiger partial charge in [-0.1, -0.05) is 53.0 Å². The molecule has 3 aromatic carbocycles. The number of hydrazone groups is 1. The number of hydrogen-bond acceptors (Lipinski definition) is 5. The lowest BCUT2D eigenvalue weighted by Gasteiger charge is -2.24. The molecule has 0 spiro atoms. The molecule has 3 rings (SSSR count). The Morgan fingerprint density at radius 1 is 0.917 bits per heavy atom. The molecule has 0 radical (unpaired) electrons. The Morgan fingerprint density at radius 3 is 2.06 bits per heavy atom. The van der Waals surface area contributed by atoms with Crippen LogP contribution in [-0.2, 0) is 19.6 Å². The van der Waals surface area contributed by atoms with Crippen LogP contribution >= 0.6 is 23.2 Å². The topological polar surface area (TPSA) is 108 Å². The summed E-state index contributed by atoms with van der Waals surface area (Å²) in [5.41, 5.74) is 5.23. The minimum Gasteiger partial charge on any atom is -0.326 e. The highest BCUT2D eigenvalue weighted by atomic mass is 35.5. The smallest absolute Gasteiger partial charge is 0.264 e. The van der Waals surface area contributed by atoms with Crippen molar-refractivity contribution in [3.05, 3.63) is 87.9 Å². The molecule has 0 aliphatic rings. The summed E-state index contributed by atoms with van der Waals surface area (Å²) < 4.78 is 27.9. The number of hydrogen-bond donors (Lipinski definition) is 2. The largest absolute Gasteiger partial charge is 0.326 e. The first-order chi connectivity index (χ1) is 17.0. The molecule has 0 unspecified atom stereocenters. The van der Waals surface area contributed by atoms with Gasteiger partial charge in [0.15, 0.2) is 0 Å². The molecular formula is C25H24Cl2N4O4S. The molecular weight excluding hydrogens is 523 g/mol. The third-order valence-corrected chi connectivity index (χ3v) is 7.23. The van der Waals surface area contributed by atoms with Crippen LogP contribution in [0.15, 0.2) is 76.7 Å². The first kappa shape index (κ1) is 27.2. The molecule has 0 fully saturated rings. The zero-order valence-corrected chi connectivity index (χ0v) is 22.1. The van der Waals surface area contributed by atoms with Gasteiger partial charge in [0, 0.05) is 22.7 Å². The van der Waals surface area contributed by atoms with Crippen molar-refractivity contribution < 1.29 is 18.0 Å². The van der Waals surface area contributed by atoms with Crippen LogP contribution in [0.4, 0.5) is 11.4 Å². The predicted octanol–water partition coefficient (Wildman–Crippen LogP) is 5.00. The van der Waals surface area contributed by atoms with Crippen molar-refractivity contribution >= 4 is 62.1 Å². The van der Waals surface area contributed by atoms with E-state index >= 15 is 0 Å². The Hall–Kier alpha value is -3.40. The van der Waals surface area contributed by atoms with Crippen molar-refractivity contribution in [1.82, 2.24) is 5.43 Å². The number of sulfonamides is 1. The van der Waals surface area contributed by atoms with E-state index < -0.39 is 22.5 Å². The number of benzene rings is 3. The number of nitrogens with zero attached hydrogens (tertiary/aromatic N) is 2. The summed E-state index contributed by atoms with van der Waals surface area (Å²) in [7, 11) is -4.13. The van der Waals surface area contributed by atoms with E-state index in [1.54, 1.807) is 43.3 Å². The molecule has 2 N–H and O–H groups in total. The lowest BCUT2D eigenvalue weighted by Crippen LogP contribution is -2.39. The molecule has 11 heteroatoms. The number of rotatable bonds is 8. The fourth-order valence-electron chi connectivity index (χ4n) is 3.21. The van der Waals surface area contributed by atoms with Gasteiger partial charge < -0.3 is 5.32 Å². The van der Waals surface area contributed by atoms with Crippen LogP contribution < -0.4 is 15.0 Å². The lowest BCUT2D eigenvalue weighted by atomic mass is 10.1. The first-order valence-electron chi connectivity index (χ1n) is 10.7. The number of carbonyl (C=O) groups is 2. The average molecular weight is 547 g/mol. The van der Waals surface area contributed by atoms with Gasteiger partial charge in [0.25, 0.3) is 15.9 Å². The van der Waals surface area contributed by atoms with Gasteiger partial charge in [-0.15, -0.1) is 0 Å². The van der Waals surface area contributed by atoms with Crippen molar-refractivity contribution in [2.24, 2.45) is 5.10 Å². The molecule has 0 saturated carbocycles. The fourth-order valence-corrected chi connectivity index (χ4v) is 5.13. The Kier molecular flexibility index (Phi) is 8.73. The van der Waals surface area contributed by atoms with E-state index in [-0.39, 0.29) is 26.5 Å². The number of aryl methyl sites for hydroxylation is 1. The van der Waals surface area contributed by atoms with Crippen molar-refractivity contribution in [3.63, 3.8) is 0 Å². The van der Waals surface area contributed by atoms with Crippen LogP contribution in [0.2, 0.25) is 10.0 Å². The van der Waals surface area contributed by atoms with E-state index in [0.29, 0.717) is 17.0 Å². The van der Waals surface area contributed by atoms with Crippen LogP contribution in [0.5, 0.6) is 0 Å². The molecule has 8 nitrogen and oxygen atoms in total.